The molecule has 0 bridgehead atoms. The number of aromatic nitrogens is 1. The normalized spacial score (nSPS) is 21.6. The van der Waals surface area contributed by atoms with Crippen molar-refractivity contribution in [2.24, 2.45) is 0 Å². The molecule has 2 atom stereocenters. The van der Waals surface area contributed by atoms with Gasteiger partial charge in [0, 0.05) is 13.2 Å². The summed E-state index contributed by atoms with van der Waals surface area (Å²) in [5.41, 5.74) is 2.45. The minimum atomic E-state index is -0.865. The van der Waals surface area contributed by atoms with Crippen LogP contribution >= 0.6 is 11.3 Å². The molecular formula is C11H16N2O3S. The van der Waals surface area contributed by atoms with Gasteiger partial charge in [0.15, 0.2) is 0 Å². The zero-order chi connectivity index (χ0) is 12.3. The van der Waals surface area contributed by atoms with Crippen LogP contribution in [0.4, 0.5) is 0 Å². The van der Waals surface area contributed by atoms with Crippen molar-refractivity contribution >= 4 is 17.3 Å². The van der Waals surface area contributed by atoms with Crippen LogP contribution in [-0.2, 0) is 9.53 Å². The van der Waals surface area contributed by atoms with Crippen molar-refractivity contribution in [1.82, 2.24) is 10.3 Å². The van der Waals surface area contributed by atoms with E-state index in [0.29, 0.717) is 6.54 Å². The minimum Gasteiger partial charge on any atom is -0.480 e. The standard InChI is InChI=1S/C11H16N2O3S/c1-7-10(17-6-13-7)9(11(14)15)12-5-8-3-2-4-16-8/h6,8-9,12H,2-5H2,1H3,(H,14,15). The molecule has 5 nitrogen and oxygen atoms in total. The lowest BCUT2D eigenvalue weighted by Crippen LogP contribution is -2.34. The highest BCUT2D eigenvalue weighted by molar-refractivity contribution is 7.10. The molecule has 0 aliphatic carbocycles. The van der Waals surface area contributed by atoms with Gasteiger partial charge < -0.3 is 9.84 Å². The van der Waals surface area contributed by atoms with Crippen LogP contribution in [0.3, 0.4) is 0 Å². The average Bonchev–Trinajstić information content (AvgIpc) is 2.91. The van der Waals surface area contributed by atoms with E-state index < -0.39 is 12.0 Å². The lowest BCUT2D eigenvalue weighted by molar-refractivity contribution is -0.139. The number of aliphatic carboxylic acids is 1. The topological polar surface area (TPSA) is 71.5 Å². The van der Waals surface area contributed by atoms with Gasteiger partial charge in [-0.15, -0.1) is 11.3 Å². The molecule has 94 valence electrons. The first-order valence-corrected chi connectivity index (χ1v) is 6.54. The zero-order valence-electron chi connectivity index (χ0n) is 9.68. The lowest BCUT2D eigenvalue weighted by Gasteiger charge is -2.16. The highest BCUT2D eigenvalue weighted by atomic mass is 32.1. The molecule has 17 heavy (non-hydrogen) atoms. The first-order valence-electron chi connectivity index (χ1n) is 5.66. The van der Waals surface area contributed by atoms with Crippen LogP contribution in [0.15, 0.2) is 5.51 Å². The Bertz CT molecular complexity index is 388. The molecular weight excluding hydrogens is 240 g/mol. The van der Waals surface area contributed by atoms with E-state index in [1.807, 2.05) is 6.92 Å². The summed E-state index contributed by atoms with van der Waals surface area (Å²) in [6.07, 6.45) is 2.20. The number of nitrogens with zero attached hydrogens (tertiary/aromatic N) is 1. The molecule has 1 aliphatic rings. The molecule has 0 amide bonds. The number of hydrogen-bond donors (Lipinski definition) is 2. The van der Waals surface area contributed by atoms with E-state index in [0.717, 1.165) is 30.0 Å². The summed E-state index contributed by atoms with van der Waals surface area (Å²) in [5, 5.41) is 12.3. The van der Waals surface area contributed by atoms with Crippen LogP contribution in [0.5, 0.6) is 0 Å². The van der Waals surface area contributed by atoms with Gasteiger partial charge in [-0.25, -0.2) is 4.98 Å². The van der Waals surface area contributed by atoms with Gasteiger partial charge in [-0.3, -0.25) is 10.1 Å². The Morgan fingerprint density at radius 1 is 1.82 bits per heavy atom. The van der Waals surface area contributed by atoms with Crippen LogP contribution < -0.4 is 5.32 Å². The highest BCUT2D eigenvalue weighted by Gasteiger charge is 2.25. The quantitative estimate of drug-likeness (QED) is 0.832. The maximum absolute atomic E-state index is 11.2. The zero-order valence-corrected chi connectivity index (χ0v) is 10.5. The maximum atomic E-state index is 11.2. The summed E-state index contributed by atoms with van der Waals surface area (Å²) < 4.78 is 5.46. The van der Waals surface area contributed by atoms with E-state index in [2.05, 4.69) is 10.3 Å². The Labute approximate surface area is 104 Å². The number of nitrogens with one attached hydrogen (secondary N) is 1. The summed E-state index contributed by atoms with van der Waals surface area (Å²) in [4.78, 5) is 16.1. The van der Waals surface area contributed by atoms with Gasteiger partial charge in [0.2, 0.25) is 0 Å². The van der Waals surface area contributed by atoms with E-state index in [1.54, 1.807) is 5.51 Å². The van der Waals surface area contributed by atoms with Crippen molar-refractivity contribution in [3.8, 4) is 0 Å². The van der Waals surface area contributed by atoms with Crippen LogP contribution in [0.25, 0.3) is 0 Å². The summed E-state index contributed by atoms with van der Waals surface area (Å²) in [5.74, 6) is -0.865. The number of rotatable bonds is 5. The summed E-state index contributed by atoms with van der Waals surface area (Å²) >= 11 is 1.37. The largest absolute Gasteiger partial charge is 0.480 e. The number of carboxylic acid groups (broad SMARTS) is 1. The maximum Gasteiger partial charge on any atom is 0.326 e. The molecule has 0 spiro atoms. The molecule has 1 fully saturated rings. The number of carbonyl (C=O) groups is 1. The lowest BCUT2D eigenvalue weighted by atomic mass is 10.2. The second kappa shape index (κ2) is 5.57. The second-order valence-electron chi connectivity index (χ2n) is 4.12. The van der Waals surface area contributed by atoms with Gasteiger partial charge in [-0.05, 0) is 19.8 Å². The van der Waals surface area contributed by atoms with E-state index in [9.17, 15) is 9.90 Å². The third-order valence-corrected chi connectivity index (χ3v) is 3.86. The van der Waals surface area contributed by atoms with Crippen molar-refractivity contribution in [2.45, 2.75) is 31.9 Å². The Balaban J connectivity index is 1.98. The average molecular weight is 256 g/mol. The van der Waals surface area contributed by atoms with E-state index >= 15 is 0 Å². The molecule has 1 aromatic heterocycles. The minimum absolute atomic E-state index is 0.144. The van der Waals surface area contributed by atoms with Crippen molar-refractivity contribution in [3.05, 3.63) is 16.1 Å². The molecule has 1 aliphatic heterocycles. The van der Waals surface area contributed by atoms with Crippen molar-refractivity contribution in [3.63, 3.8) is 0 Å². The SMILES string of the molecule is Cc1ncsc1C(NCC1CCCO1)C(=O)O. The van der Waals surface area contributed by atoms with E-state index in [-0.39, 0.29) is 6.10 Å². The molecule has 6 heteroatoms. The van der Waals surface area contributed by atoms with Gasteiger partial charge >= 0.3 is 5.97 Å². The number of ether oxygens (including phenoxy) is 1. The summed E-state index contributed by atoms with van der Waals surface area (Å²) in [6, 6.07) is -0.674. The van der Waals surface area contributed by atoms with E-state index in [4.69, 9.17) is 4.74 Å². The smallest absolute Gasteiger partial charge is 0.326 e. The summed E-state index contributed by atoms with van der Waals surface area (Å²) in [6.45, 7) is 3.19. The predicted octanol–water partition coefficient (Wildman–Crippen LogP) is 1.35. The molecule has 0 aromatic carbocycles. The molecule has 2 N–H and O–H groups in total. The first-order chi connectivity index (χ1) is 8.18. The van der Waals surface area contributed by atoms with Gasteiger partial charge in [0.05, 0.1) is 22.2 Å². The van der Waals surface area contributed by atoms with Crippen LogP contribution in [0, 0.1) is 6.92 Å². The van der Waals surface area contributed by atoms with Crippen LogP contribution in [-0.4, -0.2) is 35.3 Å². The van der Waals surface area contributed by atoms with Crippen LogP contribution in [0.1, 0.15) is 29.5 Å². The van der Waals surface area contributed by atoms with Gasteiger partial charge in [0.1, 0.15) is 6.04 Å². The Morgan fingerprint density at radius 2 is 2.65 bits per heavy atom. The number of hydrogen-bond acceptors (Lipinski definition) is 5. The molecule has 2 rings (SSSR count). The third-order valence-electron chi connectivity index (χ3n) is 2.87. The number of aryl methyl sites for hydroxylation is 1. The Morgan fingerprint density at radius 3 is 3.18 bits per heavy atom. The number of thiazole rings is 1. The third kappa shape index (κ3) is 3.02. The molecule has 0 radical (unpaired) electrons. The van der Waals surface area contributed by atoms with Crippen molar-refractivity contribution in [2.75, 3.05) is 13.2 Å². The first kappa shape index (κ1) is 12.5. The fraction of sp³-hybridized carbons (Fsp3) is 0.636. The number of carboxylic acids is 1. The van der Waals surface area contributed by atoms with Gasteiger partial charge in [0.25, 0.3) is 0 Å². The summed E-state index contributed by atoms with van der Waals surface area (Å²) in [7, 11) is 0. The molecule has 1 saturated heterocycles. The molecule has 0 saturated carbocycles. The highest BCUT2D eigenvalue weighted by Crippen LogP contribution is 2.22. The Kier molecular flexibility index (Phi) is 4.09. The molecule has 2 heterocycles. The monoisotopic (exact) mass is 256 g/mol. The van der Waals surface area contributed by atoms with Gasteiger partial charge in [-0.2, -0.15) is 0 Å². The molecule has 2 unspecified atom stereocenters. The van der Waals surface area contributed by atoms with E-state index in [1.165, 1.54) is 11.3 Å². The Hall–Kier alpha value is -0.980. The van der Waals surface area contributed by atoms with Crippen molar-refractivity contribution < 1.29 is 14.6 Å². The predicted molar refractivity (Wildman–Crippen MR) is 64.2 cm³/mol. The fourth-order valence-corrected chi connectivity index (χ4v) is 2.80. The van der Waals surface area contributed by atoms with Crippen molar-refractivity contribution in [1.29, 1.82) is 0 Å². The second-order valence-corrected chi connectivity index (χ2v) is 5.00. The van der Waals surface area contributed by atoms with Crippen LogP contribution in [0.2, 0.25) is 0 Å². The fourth-order valence-electron chi connectivity index (χ4n) is 1.93. The van der Waals surface area contributed by atoms with Gasteiger partial charge in [-0.1, -0.05) is 0 Å². The molecule has 1 aromatic rings.